The van der Waals surface area contributed by atoms with E-state index in [2.05, 4.69) is 25.9 Å². The number of carboxylic acid groups (broad SMARTS) is 1. The molecule has 1 aromatic heterocycles. The van der Waals surface area contributed by atoms with E-state index in [4.69, 9.17) is 5.73 Å². The smallest absolute Gasteiger partial charge is 0.326 e. The summed E-state index contributed by atoms with van der Waals surface area (Å²) < 4.78 is 0. The first-order valence-corrected chi connectivity index (χ1v) is 13.1. The fourth-order valence-electron chi connectivity index (χ4n) is 4.16. The van der Waals surface area contributed by atoms with Gasteiger partial charge in [-0.05, 0) is 23.5 Å². The number of aliphatic carboxylic acids is 1. The molecule has 3 aromatic rings. The van der Waals surface area contributed by atoms with Crippen molar-refractivity contribution in [3.05, 3.63) is 90.0 Å². The number of amides is 3. The highest BCUT2D eigenvalue weighted by molar-refractivity contribution is 5.94. The molecule has 0 radical (unpaired) electrons. The minimum atomic E-state index is -1.18. The summed E-state index contributed by atoms with van der Waals surface area (Å²) in [7, 11) is 0. The number of carboxylic acids is 1. The molecular weight excluding hydrogens is 512 g/mol. The molecule has 0 aliphatic heterocycles. The average molecular weight is 549 g/mol. The zero-order valence-corrected chi connectivity index (χ0v) is 22.5. The van der Waals surface area contributed by atoms with Gasteiger partial charge in [-0.15, -0.1) is 0 Å². The van der Waals surface area contributed by atoms with Crippen molar-refractivity contribution in [2.24, 2.45) is 11.7 Å². The summed E-state index contributed by atoms with van der Waals surface area (Å²) in [5, 5.41) is 17.5. The first kappa shape index (κ1) is 30.0. The normalized spacial score (nSPS) is 14.0. The predicted octanol–water partition coefficient (Wildman–Crippen LogP) is 0.960. The SMILES string of the molecule is CC(C)C(NC(=O)C(Cc1ccccc1)NC(=O)C(Cc1cnc[nH]1)NC(=O)C(N)Cc1ccccc1)C(=O)O. The van der Waals surface area contributed by atoms with Gasteiger partial charge < -0.3 is 31.8 Å². The van der Waals surface area contributed by atoms with E-state index >= 15 is 0 Å². The van der Waals surface area contributed by atoms with Gasteiger partial charge in [-0.1, -0.05) is 74.5 Å². The summed E-state index contributed by atoms with van der Waals surface area (Å²) in [6.45, 7) is 3.36. The van der Waals surface area contributed by atoms with Crippen LogP contribution in [-0.4, -0.2) is 62.9 Å². The standard InChI is InChI=1S/C29H36N6O5/c1-18(2)25(29(39)40)35-28(38)23(14-20-11-7-4-8-12-20)34-27(37)24(15-21-16-31-17-32-21)33-26(36)22(30)13-19-9-5-3-6-10-19/h3-12,16-18,22-25H,13-15,30H2,1-2H3,(H,31,32)(H,33,36)(H,34,37)(H,35,38)(H,39,40). The molecule has 0 fully saturated rings. The molecule has 40 heavy (non-hydrogen) atoms. The van der Waals surface area contributed by atoms with Gasteiger partial charge in [-0.2, -0.15) is 0 Å². The van der Waals surface area contributed by atoms with Crippen LogP contribution in [0.1, 0.15) is 30.7 Å². The Morgan fingerprint density at radius 2 is 1.32 bits per heavy atom. The maximum atomic E-state index is 13.5. The van der Waals surface area contributed by atoms with Gasteiger partial charge in [0.25, 0.3) is 0 Å². The molecule has 1 heterocycles. The summed E-state index contributed by atoms with van der Waals surface area (Å²) in [4.78, 5) is 58.4. The van der Waals surface area contributed by atoms with Crippen molar-refractivity contribution in [3.63, 3.8) is 0 Å². The lowest BCUT2D eigenvalue weighted by molar-refractivity contribution is -0.143. The third kappa shape index (κ3) is 9.05. The molecular formula is C29H36N6O5. The lowest BCUT2D eigenvalue weighted by atomic mass is 10.0. The third-order valence-electron chi connectivity index (χ3n) is 6.39. The number of carbonyl (C=O) groups is 4. The number of aromatic nitrogens is 2. The number of aromatic amines is 1. The monoisotopic (exact) mass is 548 g/mol. The van der Waals surface area contributed by atoms with Crippen molar-refractivity contribution >= 4 is 23.7 Å². The van der Waals surface area contributed by atoms with Crippen LogP contribution in [0.25, 0.3) is 0 Å². The van der Waals surface area contributed by atoms with E-state index in [0.29, 0.717) is 5.69 Å². The average Bonchev–Trinajstić information content (AvgIpc) is 3.44. The Hall–Kier alpha value is -4.51. The van der Waals surface area contributed by atoms with Gasteiger partial charge in [0.1, 0.15) is 18.1 Å². The number of H-pyrrole nitrogens is 1. The van der Waals surface area contributed by atoms with Crippen molar-refractivity contribution in [1.29, 1.82) is 0 Å². The van der Waals surface area contributed by atoms with Crippen LogP contribution < -0.4 is 21.7 Å². The number of benzene rings is 2. The topological polar surface area (TPSA) is 179 Å². The summed E-state index contributed by atoms with van der Waals surface area (Å²) >= 11 is 0. The second-order valence-electron chi connectivity index (χ2n) is 9.96. The second-order valence-corrected chi connectivity index (χ2v) is 9.96. The zero-order valence-electron chi connectivity index (χ0n) is 22.5. The van der Waals surface area contributed by atoms with Crippen LogP contribution >= 0.6 is 0 Å². The van der Waals surface area contributed by atoms with E-state index in [0.717, 1.165) is 11.1 Å². The largest absolute Gasteiger partial charge is 0.480 e. The maximum absolute atomic E-state index is 13.5. The van der Waals surface area contributed by atoms with Crippen LogP contribution in [0.4, 0.5) is 0 Å². The lowest BCUT2D eigenvalue weighted by Crippen LogP contribution is -2.58. The molecule has 0 spiro atoms. The molecule has 0 saturated carbocycles. The summed E-state index contributed by atoms with van der Waals surface area (Å²) in [6.07, 6.45) is 3.44. The van der Waals surface area contributed by atoms with E-state index in [1.54, 1.807) is 38.1 Å². The van der Waals surface area contributed by atoms with Crippen molar-refractivity contribution < 1.29 is 24.3 Å². The Morgan fingerprint density at radius 3 is 1.85 bits per heavy atom. The molecule has 0 saturated heterocycles. The minimum absolute atomic E-state index is 0.0685. The van der Waals surface area contributed by atoms with Crippen LogP contribution in [0.3, 0.4) is 0 Å². The van der Waals surface area contributed by atoms with Crippen molar-refractivity contribution in [2.45, 2.75) is 57.3 Å². The summed E-state index contributed by atoms with van der Waals surface area (Å²) in [6, 6.07) is 14.1. The Morgan fingerprint density at radius 1 is 0.800 bits per heavy atom. The predicted molar refractivity (Wildman–Crippen MR) is 149 cm³/mol. The summed E-state index contributed by atoms with van der Waals surface area (Å²) in [5.41, 5.74) is 8.38. The Bertz CT molecular complexity index is 1250. The Balaban J connectivity index is 1.79. The zero-order chi connectivity index (χ0) is 29.1. The van der Waals surface area contributed by atoms with Gasteiger partial charge in [0, 0.05) is 24.7 Å². The van der Waals surface area contributed by atoms with Crippen LogP contribution in [0, 0.1) is 5.92 Å². The van der Waals surface area contributed by atoms with E-state index in [1.807, 2.05) is 36.4 Å². The number of hydrogen-bond donors (Lipinski definition) is 6. The molecule has 0 bridgehead atoms. The van der Waals surface area contributed by atoms with Gasteiger partial charge in [-0.25, -0.2) is 9.78 Å². The Labute approximate surface area is 233 Å². The van der Waals surface area contributed by atoms with E-state index in [9.17, 15) is 24.3 Å². The fraction of sp³-hybridized carbons (Fsp3) is 0.345. The van der Waals surface area contributed by atoms with Crippen LogP contribution in [-0.2, 0) is 38.4 Å². The van der Waals surface area contributed by atoms with Gasteiger partial charge >= 0.3 is 5.97 Å². The highest BCUT2D eigenvalue weighted by Gasteiger charge is 2.31. The summed E-state index contributed by atoms with van der Waals surface area (Å²) in [5.74, 6) is -3.36. The molecule has 3 amide bonds. The van der Waals surface area contributed by atoms with E-state index in [-0.39, 0.29) is 25.2 Å². The number of rotatable bonds is 14. The third-order valence-corrected chi connectivity index (χ3v) is 6.39. The fourth-order valence-corrected chi connectivity index (χ4v) is 4.16. The first-order valence-electron chi connectivity index (χ1n) is 13.1. The molecule has 7 N–H and O–H groups in total. The number of carbonyl (C=O) groups excluding carboxylic acids is 3. The minimum Gasteiger partial charge on any atom is -0.480 e. The van der Waals surface area contributed by atoms with Crippen molar-refractivity contribution in [1.82, 2.24) is 25.9 Å². The maximum Gasteiger partial charge on any atom is 0.326 e. The molecule has 0 aliphatic rings. The molecule has 4 unspecified atom stereocenters. The van der Waals surface area contributed by atoms with Crippen LogP contribution in [0.5, 0.6) is 0 Å². The van der Waals surface area contributed by atoms with Crippen molar-refractivity contribution in [2.75, 3.05) is 0 Å². The molecule has 3 rings (SSSR count). The number of nitrogens with zero attached hydrogens (tertiary/aromatic N) is 1. The van der Waals surface area contributed by atoms with Crippen LogP contribution in [0.2, 0.25) is 0 Å². The van der Waals surface area contributed by atoms with Crippen LogP contribution in [0.15, 0.2) is 73.2 Å². The van der Waals surface area contributed by atoms with Gasteiger partial charge in [0.05, 0.1) is 12.4 Å². The molecule has 11 heteroatoms. The molecule has 11 nitrogen and oxygen atoms in total. The van der Waals surface area contributed by atoms with Gasteiger partial charge in [0.2, 0.25) is 17.7 Å². The van der Waals surface area contributed by atoms with Gasteiger partial charge in [0.15, 0.2) is 0 Å². The van der Waals surface area contributed by atoms with Crippen molar-refractivity contribution in [3.8, 4) is 0 Å². The molecule has 2 aromatic carbocycles. The number of hydrogen-bond acceptors (Lipinski definition) is 6. The quantitative estimate of drug-likeness (QED) is 0.174. The first-order chi connectivity index (χ1) is 19.1. The van der Waals surface area contributed by atoms with E-state index < -0.39 is 47.9 Å². The molecule has 0 aliphatic carbocycles. The molecule has 4 atom stereocenters. The highest BCUT2D eigenvalue weighted by atomic mass is 16.4. The highest BCUT2D eigenvalue weighted by Crippen LogP contribution is 2.09. The molecule has 212 valence electrons. The van der Waals surface area contributed by atoms with E-state index in [1.165, 1.54) is 12.5 Å². The Kier molecular flexibility index (Phi) is 11.0. The second kappa shape index (κ2) is 14.6. The van der Waals surface area contributed by atoms with Gasteiger partial charge in [-0.3, -0.25) is 14.4 Å². The lowest BCUT2D eigenvalue weighted by Gasteiger charge is -2.26. The number of imidazole rings is 1. The number of nitrogens with two attached hydrogens (primary N) is 1. The number of nitrogens with one attached hydrogen (secondary N) is 4.